The van der Waals surface area contributed by atoms with Gasteiger partial charge in [0, 0.05) is 13.1 Å². The minimum absolute atomic E-state index is 0.0804. The van der Waals surface area contributed by atoms with Gasteiger partial charge < -0.3 is 10.2 Å². The number of hydrogen-bond acceptors (Lipinski definition) is 3. The number of carbonyl (C=O) groups is 2. The van der Waals surface area contributed by atoms with Gasteiger partial charge in [0.1, 0.15) is 5.92 Å². The molecule has 0 saturated carbocycles. The second kappa shape index (κ2) is 5.35. The van der Waals surface area contributed by atoms with Crippen LogP contribution in [-0.4, -0.2) is 36.3 Å². The monoisotopic (exact) mass is 209 g/mol. The highest BCUT2D eigenvalue weighted by atomic mass is 16.2. The first-order chi connectivity index (χ1) is 7.19. The average molecular weight is 209 g/mol. The lowest BCUT2D eigenvalue weighted by Gasteiger charge is -2.20. The quantitative estimate of drug-likeness (QED) is 0.689. The molecular weight excluding hydrogens is 194 g/mol. The molecule has 1 unspecified atom stereocenters. The minimum Gasteiger partial charge on any atom is -0.354 e. The van der Waals surface area contributed by atoms with Crippen molar-refractivity contribution >= 4 is 11.8 Å². The smallest absolute Gasteiger partial charge is 0.240 e. The molecule has 0 aliphatic carbocycles. The van der Waals surface area contributed by atoms with Crippen molar-refractivity contribution in [2.75, 3.05) is 19.6 Å². The molecule has 1 aliphatic rings. The van der Waals surface area contributed by atoms with Crippen LogP contribution in [0.25, 0.3) is 0 Å². The van der Waals surface area contributed by atoms with Gasteiger partial charge in [0.25, 0.3) is 0 Å². The Bertz CT molecular complexity index is 296. The molecule has 0 aromatic carbocycles. The molecule has 1 atom stereocenters. The van der Waals surface area contributed by atoms with Gasteiger partial charge in [-0.25, -0.2) is 0 Å². The summed E-state index contributed by atoms with van der Waals surface area (Å²) in [7, 11) is 0. The summed E-state index contributed by atoms with van der Waals surface area (Å²) in [5.74, 6) is -0.985. The van der Waals surface area contributed by atoms with Gasteiger partial charge in [-0.3, -0.25) is 9.59 Å². The third kappa shape index (κ3) is 2.94. The Kier molecular flexibility index (Phi) is 4.10. The molecule has 2 amide bonds. The third-order valence-electron chi connectivity index (χ3n) is 2.44. The van der Waals surface area contributed by atoms with E-state index in [1.54, 1.807) is 6.92 Å². The van der Waals surface area contributed by atoms with Crippen LogP contribution >= 0.6 is 0 Å². The Morgan fingerprint density at radius 1 is 1.73 bits per heavy atom. The Hall–Kier alpha value is -1.57. The van der Waals surface area contributed by atoms with E-state index >= 15 is 0 Å². The molecule has 82 valence electrons. The maximum absolute atomic E-state index is 11.8. The number of carbonyl (C=O) groups excluding carboxylic acids is 2. The van der Waals surface area contributed by atoms with Gasteiger partial charge in [0.05, 0.1) is 12.6 Å². The van der Waals surface area contributed by atoms with Crippen LogP contribution in [0.1, 0.15) is 19.8 Å². The molecule has 1 rings (SSSR count). The first-order valence-electron chi connectivity index (χ1n) is 5.14. The van der Waals surface area contributed by atoms with Crippen molar-refractivity contribution in [3.8, 4) is 6.07 Å². The van der Waals surface area contributed by atoms with E-state index in [0.717, 1.165) is 6.42 Å². The molecule has 0 radical (unpaired) electrons. The van der Waals surface area contributed by atoms with Crippen LogP contribution < -0.4 is 5.32 Å². The lowest BCUT2D eigenvalue weighted by Crippen LogP contribution is -2.40. The zero-order valence-corrected chi connectivity index (χ0v) is 8.82. The second-order valence-electron chi connectivity index (χ2n) is 3.55. The van der Waals surface area contributed by atoms with Crippen molar-refractivity contribution in [1.82, 2.24) is 10.2 Å². The van der Waals surface area contributed by atoms with Crippen LogP contribution in [0.4, 0.5) is 0 Å². The molecule has 0 aromatic heterocycles. The zero-order chi connectivity index (χ0) is 11.3. The van der Waals surface area contributed by atoms with E-state index in [1.807, 2.05) is 6.07 Å². The number of nitriles is 1. The summed E-state index contributed by atoms with van der Waals surface area (Å²) in [4.78, 5) is 24.5. The van der Waals surface area contributed by atoms with Crippen molar-refractivity contribution in [3.05, 3.63) is 0 Å². The highest BCUT2D eigenvalue weighted by Crippen LogP contribution is 2.08. The molecule has 5 heteroatoms. The van der Waals surface area contributed by atoms with Gasteiger partial charge in [-0.2, -0.15) is 5.26 Å². The van der Waals surface area contributed by atoms with E-state index in [1.165, 1.54) is 4.90 Å². The summed E-state index contributed by atoms with van der Waals surface area (Å²) in [6.45, 7) is 3.03. The van der Waals surface area contributed by atoms with Crippen LogP contribution in [0.5, 0.6) is 0 Å². The van der Waals surface area contributed by atoms with Gasteiger partial charge in [0.15, 0.2) is 0 Å². The third-order valence-corrected chi connectivity index (χ3v) is 2.44. The van der Waals surface area contributed by atoms with Crippen molar-refractivity contribution in [1.29, 1.82) is 5.26 Å². The van der Waals surface area contributed by atoms with E-state index in [2.05, 4.69) is 5.32 Å². The van der Waals surface area contributed by atoms with Crippen LogP contribution in [0.2, 0.25) is 0 Å². The molecule has 0 bridgehead atoms. The SMILES string of the molecule is CCC(C#N)C(=O)N1CCCNC(=O)C1. The lowest BCUT2D eigenvalue weighted by molar-refractivity contribution is -0.137. The Labute approximate surface area is 89.0 Å². The highest BCUT2D eigenvalue weighted by Gasteiger charge is 2.25. The maximum atomic E-state index is 11.8. The predicted octanol–water partition coefficient (Wildman–Crippen LogP) is -0.115. The molecule has 1 fully saturated rings. The van der Waals surface area contributed by atoms with Crippen LogP contribution in [-0.2, 0) is 9.59 Å². The Morgan fingerprint density at radius 3 is 3.07 bits per heavy atom. The topological polar surface area (TPSA) is 73.2 Å². The fourth-order valence-corrected chi connectivity index (χ4v) is 1.54. The van der Waals surface area contributed by atoms with E-state index in [4.69, 9.17) is 5.26 Å². The molecule has 1 N–H and O–H groups in total. The molecule has 0 spiro atoms. The molecule has 15 heavy (non-hydrogen) atoms. The normalized spacial score (nSPS) is 18.7. The first kappa shape index (κ1) is 11.5. The molecule has 1 aliphatic heterocycles. The summed E-state index contributed by atoms with van der Waals surface area (Å²) in [5, 5.41) is 11.5. The van der Waals surface area contributed by atoms with Gasteiger partial charge >= 0.3 is 0 Å². The molecule has 1 saturated heterocycles. The van der Waals surface area contributed by atoms with E-state index < -0.39 is 5.92 Å². The van der Waals surface area contributed by atoms with Crippen LogP contribution in [0.3, 0.4) is 0 Å². The van der Waals surface area contributed by atoms with Crippen molar-refractivity contribution < 1.29 is 9.59 Å². The largest absolute Gasteiger partial charge is 0.354 e. The number of amides is 2. The van der Waals surface area contributed by atoms with Crippen molar-refractivity contribution in [2.45, 2.75) is 19.8 Å². The summed E-state index contributed by atoms with van der Waals surface area (Å²) in [5.41, 5.74) is 0. The number of nitrogens with one attached hydrogen (secondary N) is 1. The average Bonchev–Trinajstić information content (AvgIpc) is 2.44. The maximum Gasteiger partial charge on any atom is 0.240 e. The summed E-state index contributed by atoms with van der Waals surface area (Å²) in [6.07, 6.45) is 1.24. The molecule has 1 heterocycles. The van der Waals surface area contributed by atoms with Gasteiger partial charge in [-0.05, 0) is 12.8 Å². The Balaban J connectivity index is 2.65. The predicted molar refractivity (Wildman–Crippen MR) is 53.6 cm³/mol. The van der Waals surface area contributed by atoms with Gasteiger partial charge in [0.2, 0.25) is 11.8 Å². The molecule has 5 nitrogen and oxygen atoms in total. The van der Waals surface area contributed by atoms with E-state index in [-0.39, 0.29) is 18.4 Å². The fourth-order valence-electron chi connectivity index (χ4n) is 1.54. The highest BCUT2D eigenvalue weighted by molar-refractivity contribution is 5.87. The van der Waals surface area contributed by atoms with Gasteiger partial charge in [-0.1, -0.05) is 6.92 Å². The first-order valence-corrected chi connectivity index (χ1v) is 5.14. The summed E-state index contributed by atoms with van der Waals surface area (Å²) < 4.78 is 0. The van der Waals surface area contributed by atoms with Crippen molar-refractivity contribution in [2.24, 2.45) is 5.92 Å². The van der Waals surface area contributed by atoms with E-state index in [0.29, 0.717) is 19.5 Å². The summed E-state index contributed by atoms with van der Waals surface area (Å²) in [6, 6.07) is 1.96. The lowest BCUT2D eigenvalue weighted by atomic mass is 10.1. The zero-order valence-electron chi connectivity index (χ0n) is 8.82. The van der Waals surface area contributed by atoms with Crippen molar-refractivity contribution in [3.63, 3.8) is 0 Å². The second-order valence-corrected chi connectivity index (χ2v) is 3.55. The summed E-state index contributed by atoms with van der Waals surface area (Å²) >= 11 is 0. The fraction of sp³-hybridized carbons (Fsp3) is 0.700. The molecular formula is C10H15N3O2. The Morgan fingerprint density at radius 2 is 2.47 bits per heavy atom. The van der Waals surface area contributed by atoms with Crippen LogP contribution in [0.15, 0.2) is 0 Å². The van der Waals surface area contributed by atoms with E-state index in [9.17, 15) is 9.59 Å². The minimum atomic E-state index is -0.615. The van der Waals surface area contributed by atoms with Crippen LogP contribution in [0, 0.1) is 17.2 Å². The number of rotatable bonds is 2. The number of nitrogens with zero attached hydrogens (tertiary/aromatic N) is 2. The standard InChI is InChI=1S/C10H15N3O2/c1-2-8(6-11)10(15)13-5-3-4-12-9(14)7-13/h8H,2-5,7H2,1H3,(H,12,14). The number of hydrogen-bond donors (Lipinski definition) is 1. The molecule has 0 aromatic rings. The van der Waals surface area contributed by atoms with Gasteiger partial charge in [-0.15, -0.1) is 0 Å².